The molecule has 10 heteroatoms. The normalized spacial score (nSPS) is 16.2. The maximum atomic E-state index is 12.8. The number of likely N-dealkylation sites (tertiary alicyclic amines) is 1. The lowest BCUT2D eigenvalue weighted by Crippen LogP contribution is -2.44. The molecule has 2 heterocycles. The van der Waals surface area contributed by atoms with Gasteiger partial charge in [0.25, 0.3) is 5.56 Å². The fourth-order valence-electron chi connectivity index (χ4n) is 2.53. The minimum Gasteiger partial charge on any atom is -0.369 e. The lowest BCUT2D eigenvalue weighted by atomic mass is 9.96. The summed E-state index contributed by atoms with van der Waals surface area (Å²) in [5.74, 6) is -1.28. The second-order valence-electron chi connectivity index (χ2n) is 5.56. The molecule has 2 N–H and O–H groups in total. The smallest absolute Gasteiger partial charge is 0.369 e. The van der Waals surface area contributed by atoms with E-state index in [0.29, 0.717) is 29.7 Å². The summed E-state index contributed by atoms with van der Waals surface area (Å²) in [6, 6.07) is 0.531. The number of nitrogens with two attached hydrogens (primary N) is 1. The second-order valence-corrected chi connectivity index (χ2v) is 5.97. The first-order valence-electron chi connectivity index (χ1n) is 7.14. The summed E-state index contributed by atoms with van der Waals surface area (Å²) >= 11 is 5.54. The fourth-order valence-corrected chi connectivity index (χ4v) is 2.76. The average Bonchev–Trinajstić information content (AvgIpc) is 2.50. The Hall–Kier alpha value is -2.03. The number of amides is 2. The minimum absolute atomic E-state index is 0.258. The Bertz CT molecular complexity index is 709. The van der Waals surface area contributed by atoms with Crippen molar-refractivity contribution >= 4 is 23.4 Å². The van der Waals surface area contributed by atoms with E-state index in [1.165, 1.54) is 4.90 Å². The number of piperidine rings is 1. The van der Waals surface area contributed by atoms with E-state index < -0.39 is 40.7 Å². The van der Waals surface area contributed by atoms with E-state index in [0.717, 1.165) is 0 Å². The number of hydrogen-bond donors (Lipinski definition) is 1. The number of hydrogen-bond acceptors (Lipinski definition) is 3. The Labute approximate surface area is 140 Å². The van der Waals surface area contributed by atoms with Gasteiger partial charge in [-0.05, 0) is 18.9 Å². The van der Waals surface area contributed by atoms with E-state index in [2.05, 4.69) is 0 Å². The highest BCUT2D eigenvalue weighted by Crippen LogP contribution is 2.29. The molecule has 6 nitrogen and oxygen atoms in total. The third-order valence-electron chi connectivity index (χ3n) is 3.93. The standard InChI is InChI=1S/C14H15ClF3N3O3/c15-10-5-9(14(16,17)18)6-21(13(10)24)7-11(22)20-3-1-8(2-4-20)12(19)23/h5-6,8H,1-4,7H2,(H2,19,23). The van der Waals surface area contributed by atoms with Gasteiger partial charge in [0.1, 0.15) is 11.6 Å². The molecule has 0 atom stereocenters. The lowest BCUT2D eigenvalue weighted by Gasteiger charge is -2.30. The molecule has 0 unspecified atom stereocenters. The SMILES string of the molecule is NC(=O)C1CCN(C(=O)Cn2cc(C(F)(F)F)cc(Cl)c2=O)CC1. The molecule has 0 aliphatic carbocycles. The maximum Gasteiger partial charge on any atom is 0.417 e. The molecule has 132 valence electrons. The highest BCUT2D eigenvalue weighted by molar-refractivity contribution is 6.30. The molecule has 0 bridgehead atoms. The topological polar surface area (TPSA) is 85.4 Å². The van der Waals surface area contributed by atoms with Crippen LogP contribution in [0.1, 0.15) is 18.4 Å². The van der Waals surface area contributed by atoms with E-state index >= 15 is 0 Å². The second kappa shape index (κ2) is 6.84. The molecular weight excluding hydrogens is 351 g/mol. The molecular formula is C14H15ClF3N3O3. The van der Waals surface area contributed by atoms with Crippen LogP contribution in [0.15, 0.2) is 17.1 Å². The summed E-state index contributed by atoms with van der Waals surface area (Å²) in [6.07, 6.45) is -3.33. The Morgan fingerprint density at radius 1 is 1.29 bits per heavy atom. The molecule has 0 spiro atoms. The van der Waals surface area contributed by atoms with Crippen molar-refractivity contribution in [3.63, 3.8) is 0 Å². The molecule has 24 heavy (non-hydrogen) atoms. The number of primary amides is 1. The van der Waals surface area contributed by atoms with E-state index in [9.17, 15) is 27.6 Å². The van der Waals surface area contributed by atoms with Crippen LogP contribution in [-0.4, -0.2) is 34.4 Å². The van der Waals surface area contributed by atoms with Gasteiger partial charge < -0.3 is 15.2 Å². The summed E-state index contributed by atoms with van der Waals surface area (Å²) in [6.45, 7) is -0.0362. The van der Waals surface area contributed by atoms with Gasteiger partial charge in [-0.2, -0.15) is 13.2 Å². The summed E-state index contributed by atoms with van der Waals surface area (Å²) in [5.41, 5.74) is 3.22. The number of carbonyl (C=O) groups excluding carboxylic acids is 2. The number of carbonyl (C=O) groups is 2. The first-order valence-corrected chi connectivity index (χ1v) is 7.51. The summed E-state index contributed by atoms with van der Waals surface area (Å²) in [5, 5.41) is -0.606. The Morgan fingerprint density at radius 2 is 1.88 bits per heavy atom. The Balaban J connectivity index is 2.14. The molecule has 1 aromatic rings. The van der Waals surface area contributed by atoms with Gasteiger partial charge in [0.05, 0.1) is 5.56 Å². The molecule has 0 aromatic carbocycles. The van der Waals surface area contributed by atoms with Crippen LogP contribution in [-0.2, 0) is 22.3 Å². The fraction of sp³-hybridized carbons (Fsp3) is 0.500. The number of halogens is 4. The van der Waals surface area contributed by atoms with Crippen molar-refractivity contribution in [2.24, 2.45) is 11.7 Å². The lowest BCUT2D eigenvalue weighted by molar-refractivity contribution is -0.139. The van der Waals surface area contributed by atoms with Crippen LogP contribution in [0.3, 0.4) is 0 Å². The van der Waals surface area contributed by atoms with Gasteiger partial charge in [-0.1, -0.05) is 11.6 Å². The number of nitrogens with zero attached hydrogens (tertiary/aromatic N) is 2. The summed E-state index contributed by atoms with van der Waals surface area (Å²) in [7, 11) is 0. The van der Waals surface area contributed by atoms with E-state index in [-0.39, 0.29) is 19.0 Å². The summed E-state index contributed by atoms with van der Waals surface area (Å²) in [4.78, 5) is 36.5. The first-order chi connectivity index (χ1) is 11.1. The van der Waals surface area contributed by atoms with Gasteiger partial charge in [0, 0.05) is 25.2 Å². The molecule has 0 saturated carbocycles. The van der Waals surface area contributed by atoms with Crippen LogP contribution in [0.4, 0.5) is 13.2 Å². The largest absolute Gasteiger partial charge is 0.417 e. The number of aromatic nitrogens is 1. The van der Waals surface area contributed by atoms with E-state index in [1.54, 1.807) is 0 Å². The van der Waals surface area contributed by atoms with Crippen LogP contribution in [0.25, 0.3) is 0 Å². The van der Waals surface area contributed by atoms with Crippen molar-refractivity contribution in [1.29, 1.82) is 0 Å². The maximum absolute atomic E-state index is 12.8. The van der Waals surface area contributed by atoms with Crippen LogP contribution in [0.2, 0.25) is 5.02 Å². The molecule has 2 amide bonds. The van der Waals surface area contributed by atoms with Gasteiger partial charge in [-0.25, -0.2) is 0 Å². The predicted molar refractivity (Wildman–Crippen MR) is 79.2 cm³/mol. The zero-order chi connectivity index (χ0) is 18.1. The molecule has 1 fully saturated rings. The van der Waals surface area contributed by atoms with Crippen molar-refractivity contribution in [3.8, 4) is 0 Å². The van der Waals surface area contributed by atoms with E-state index in [4.69, 9.17) is 17.3 Å². The van der Waals surface area contributed by atoms with Crippen LogP contribution < -0.4 is 11.3 Å². The van der Waals surface area contributed by atoms with Crippen molar-refractivity contribution in [1.82, 2.24) is 9.47 Å². The zero-order valence-electron chi connectivity index (χ0n) is 12.5. The first kappa shape index (κ1) is 18.3. The average molecular weight is 366 g/mol. The quantitative estimate of drug-likeness (QED) is 0.874. The Morgan fingerprint density at radius 3 is 2.38 bits per heavy atom. The van der Waals surface area contributed by atoms with Crippen molar-refractivity contribution in [3.05, 3.63) is 33.2 Å². The molecule has 1 aliphatic heterocycles. The van der Waals surface area contributed by atoms with Gasteiger partial charge in [0.2, 0.25) is 11.8 Å². The predicted octanol–water partition coefficient (Wildman–Crippen LogP) is 1.24. The minimum atomic E-state index is -4.68. The highest BCUT2D eigenvalue weighted by atomic mass is 35.5. The highest BCUT2D eigenvalue weighted by Gasteiger charge is 2.32. The van der Waals surface area contributed by atoms with Crippen LogP contribution >= 0.6 is 11.6 Å². The third-order valence-corrected chi connectivity index (χ3v) is 4.20. The van der Waals surface area contributed by atoms with Crippen molar-refractivity contribution in [2.45, 2.75) is 25.6 Å². The zero-order valence-corrected chi connectivity index (χ0v) is 13.2. The third kappa shape index (κ3) is 4.08. The van der Waals surface area contributed by atoms with Gasteiger partial charge in [-0.3, -0.25) is 14.4 Å². The van der Waals surface area contributed by atoms with Gasteiger partial charge in [0.15, 0.2) is 0 Å². The monoisotopic (exact) mass is 365 g/mol. The number of alkyl halides is 3. The van der Waals surface area contributed by atoms with E-state index in [1.807, 2.05) is 0 Å². The van der Waals surface area contributed by atoms with Crippen LogP contribution in [0.5, 0.6) is 0 Å². The number of rotatable bonds is 3. The molecule has 1 saturated heterocycles. The van der Waals surface area contributed by atoms with Crippen molar-refractivity contribution in [2.75, 3.05) is 13.1 Å². The molecule has 1 aliphatic rings. The number of pyridine rings is 1. The molecule has 1 aromatic heterocycles. The molecule has 0 radical (unpaired) electrons. The molecule has 2 rings (SSSR count). The Kier molecular flexibility index (Phi) is 5.22. The van der Waals surface area contributed by atoms with Crippen LogP contribution in [0, 0.1) is 5.92 Å². The van der Waals surface area contributed by atoms with Gasteiger partial charge >= 0.3 is 6.18 Å². The van der Waals surface area contributed by atoms with Gasteiger partial charge in [-0.15, -0.1) is 0 Å². The summed E-state index contributed by atoms with van der Waals surface area (Å²) < 4.78 is 39.0. The van der Waals surface area contributed by atoms with Crippen molar-refractivity contribution < 1.29 is 22.8 Å².